The highest BCUT2D eigenvalue weighted by atomic mass is 35.5. The van der Waals surface area contributed by atoms with Crippen LogP contribution in [0.1, 0.15) is 24.2 Å². The van der Waals surface area contributed by atoms with Crippen molar-refractivity contribution in [1.82, 2.24) is 5.32 Å². The van der Waals surface area contributed by atoms with E-state index in [9.17, 15) is 4.79 Å². The van der Waals surface area contributed by atoms with E-state index in [1.165, 1.54) is 0 Å². The first kappa shape index (κ1) is 13.2. The quantitative estimate of drug-likeness (QED) is 0.864. The van der Waals surface area contributed by atoms with E-state index in [1.807, 2.05) is 6.07 Å². The third kappa shape index (κ3) is 2.44. The Labute approximate surface area is 112 Å². The summed E-state index contributed by atoms with van der Waals surface area (Å²) in [5.74, 6) is -0.993. The fraction of sp³-hybridized carbons (Fsp3) is 0.462. The van der Waals surface area contributed by atoms with Crippen LogP contribution in [-0.2, 0) is 0 Å². The molecule has 1 aromatic rings. The maximum atomic E-state index is 10.9. The van der Waals surface area contributed by atoms with Crippen LogP contribution in [0.5, 0.6) is 0 Å². The number of benzene rings is 1. The van der Waals surface area contributed by atoms with E-state index in [2.05, 4.69) is 24.1 Å². The summed E-state index contributed by atoms with van der Waals surface area (Å²) in [5.41, 5.74) is 1.13. The van der Waals surface area contributed by atoms with Crippen LogP contribution < -0.4 is 10.2 Å². The number of carbonyl (C=O) groups is 1. The molecule has 1 aliphatic rings. The fourth-order valence-corrected chi connectivity index (χ4v) is 2.73. The van der Waals surface area contributed by atoms with Gasteiger partial charge in [0.15, 0.2) is 0 Å². The molecule has 0 bridgehead atoms. The zero-order chi connectivity index (χ0) is 13.3. The molecule has 98 valence electrons. The molecule has 0 radical (unpaired) electrons. The van der Waals surface area contributed by atoms with Crippen molar-refractivity contribution in [2.45, 2.75) is 25.9 Å². The predicted octanol–water partition coefficient (Wildman–Crippen LogP) is 2.22. The Bertz CT molecular complexity index is 454. The lowest BCUT2D eigenvalue weighted by atomic mass is 10.1. The summed E-state index contributed by atoms with van der Waals surface area (Å²) in [7, 11) is 0. The molecular formula is C13H17ClN2O2. The van der Waals surface area contributed by atoms with Crippen LogP contribution in [-0.4, -0.2) is 36.2 Å². The van der Waals surface area contributed by atoms with E-state index in [0.29, 0.717) is 12.1 Å². The maximum Gasteiger partial charge on any atom is 0.337 e. The number of halogens is 1. The number of nitrogens with one attached hydrogen (secondary N) is 1. The van der Waals surface area contributed by atoms with Gasteiger partial charge in [0.05, 0.1) is 10.6 Å². The number of hydrogen-bond donors (Lipinski definition) is 2. The van der Waals surface area contributed by atoms with Crippen molar-refractivity contribution < 1.29 is 9.90 Å². The van der Waals surface area contributed by atoms with Crippen molar-refractivity contribution in [3.05, 3.63) is 28.8 Å². The van der Waals surface area contributed by atoms with Crippen molar-refractivity contribution >= 4 is 23.3 Å². The Hall–Kier alpha value is -1.26. The molecule has 0 unspecified atom stereocenters. The van der Waals surface area contributed by atoms with E-state index >= 15 is 0 Å². The highest BCUT2D eigenvalue weighted by molar-refractivity contribution is 6.33. The lowest BCUT2D eigenvalue weighted by Gasteiger charge is -2.41. The average molecular weight is 269 g/mol. The van der Waals surface area contributed by atoms with Gasteiger partial charge in [0.1, 0.15) is 0 Å². The summed E-state index contributed by atoms with van der Waals surface area (Å²) in [6.07, 6.45) is 0. The number of nitrogens with zero attached hydrogens (tertiary/aromatic N) is 1. The minimum atomic E-state index is -0.993. The van der Waals surface area contributed by atoms with Gasteiger partial charge < -0.3 is 15.3 Å². The van der Waals surface area contributed by atoms with Gasteiger partial charge in [0, 0.05) is 30.9 Å². The Morgan fingerprint density at radius 3 is 2.50 bits per heavy atom. The summed E-state index contributed by atoms with van der Waals surface area (Å²) in [4.78, 5) is 13.2. The largest absolute Gasteiger partial charge is 0.478 e. The first-order valence-corrected chi connectivity index (χ1v) is 6.40. The van der Waals surface area contributed by atoms with Gasteiger partial charge in [-0.2, -0.15) is 0 Å². The maximum absolute atomic E-state index is 10.9. The van der Waals surface area contributed by atoms with Gasteiger partial charge >= 0.3 is 5.97 Å². The molecule has 2 rings (SSSR count). The number of carboxylic acids is 1. The monoisotopic (exact) mass is 268 g/mol. The van der Waals surface area contributed by atoms with Crippen LogP contribution in [0.15, 0.2) is 18.2 Å². The summed E-state index contributed by atoms with van der Waals surface area (Å²) >= 11 is 6.02. The van der Waals surface area contributed by atoms with Crippen molar-refractivity contribution in [3.8, 4) is 0 Å². The molecule has 0 aromatic heterocycles. The molecule has 1 saturated heterocycles. The van der Waals surface area contributed by atoms with Crippen LogP contribution in [0.25, 0.3) is 0 Å². The van der Waals surface area contributed by atoms with Crippen LogP contribution >= 0.6 is 11.6 Å². The highest BCUT2D eigenvalue weighted by Gasteiger charge is 2.25. The van der Waals surface area contributed by atoms with Gasteiger partial charge in [0.2, 0.25) is 0 Å². The Balaban J connectivity index is 2.33. The van der Waals surface area contributed by atoms with Crippen molar-refractivity contribution in [1.29, 1.82) is 0 Å². The zero-order valence-corrected chi connectivity index (χ0v) is 11.2. The minimum Gasteiger partial charge on any atom is -0.478 e. The van der Waals surface area contributed by atoms with Gasteiger partial charge in [-0.25, -0.2) is 4.79 Å². The lowest BCUT2D eigenvalue weighted by Crippen LogP contribution is -2.55. The van der Waals surface area contributed by atoms with Crippen LogP contribution in [0.4, 0.5) is 5.69 Å². The first-order chi connectivity index (χ1) is 8.50. The molecule has 18 heavy (non-hydrogen) atoms. The van der Waals surface area contributed by atoms with E-state index in [1.54, 1.807) is 12.1 Å². The average Bonchev–Trinajstić information content (AvgIpc) is 2.28. The lowest BCUT2D eigenvalue weighted by molar-refractivity contribution is 0.0697. The van der Waals surface area contributed by atoms with Gasteiger partial charge in [-0.15, -0.1) is 0 Å². The number of piperazine rings is 1. The van der Waals surface area contributed by atoms with E-state index in [-0.39, 0.29) is 10.6 Å². The third-order valence-corrected chi connectivity index (χ3v) is 3.62. The zero-order valence-electron chi connectivity index (χ0n) is 10.5. The molecular weight excluding hydrogens is 252 g/mol. The smallest absolute Gasteiger partial charge is 0.337 e. The Morgan fingerprint density at radius 2 is 2.00 bits per heavy atom. The van der Waals surface area contributed by atoms with E-state index < -0.39 is 5.97 Å². The topological polar surface area (TPSA) is 52.6 Å². The van der Waals surface area contributed by atoms with Crippen LogP contribution in [0.2, 0.25) is 5.02 Å². The summed E-state index contributed by atoms with van der Waals surface area (Å²) in [6, 6.07) is 5.86. The second-order valence-corrected chi connectivity index (χ2v) is 5.14. The summed E-state index contributed by atoms with van der Waals surface area (Å²) in [6.45, 7) is 6.12. The van der Waals surface area contributed by atoms with Crippen LogP contribution in [0.3, 0.4) is 0 Å². The Morgan fingerprint density at radius 1 is 1.39 bits per heavy atom. The fourth-order valence-electron chi connectivity index (χ4n) is 2.48. The van der Waals surface area contributed by atoms with E-state index in [0.717, 1.165) is 18.8 Å². The standard InChI is InChI=1S/C13H17ClN2O2/c1-8-6-15-7-9(2)16(8)10-3-4-11(13(17)18)12(14)5-10/h3-5,8-9,15H,6-7H2,1-2H3,(H,17,18)/t8-,9-/m0/s1. The van der Waals surface area contributed by atoms with Gasteiger partial charge in [-0.05, 0) is 32.0 Å². The normalized spacial score (nSPS) is 24.1. The molecule has 1 fully saturated rings. The SMILES string of the molecule is C[C@H]1CNC[C@H](C)N1c1ccc(C(=O)O)c(Cl)c1. The molecule has 0 saturated carbocycles. The number of anilines is 1. The number of carboxylic acid groups (broad SMARTS) is 1. The Kier molecular flexibility index (Phi) is 3.78. The molecule has 2 atom stereocenters. The second-order valence-electron chi connectivity index (χ2n) is 4.73. The predicted molar refractivity (Wildman–Crippen MR) is 72.7 cm³/mol. The summed E-state index contributed by atoms with van der Waals surface area (Å²) in [5, 5.41) is 12.6. The number of hydrogen-bond acceptors (Lipinski definition) is 3. The molecule has 0 amide bonds. The molecule has 5 heteroatoms. The first-order valence-electron chi connectivity index (χ1n) is 6.02. The van der Waals surface area contributed by atoms with Gasteiger partial charge in [-0.1, -0.05) is 11.6 Å². The number of rotatable bonds is 2. The summed E-state index contributed by atoms with van der Waals surface area (Å²) < 4.78 is 0. The molecule has 1 heterocycles. The van der Waals surface area contributed by atoms with Crippen molar-refractivity contribution in [2.24, 2.45) is 0 Å². The van der Waals surface area contributed by atoms with Crippen LogP contribution in [0, 0.1) is 0 Å². The number of aromatic carboxylic acids is 1. The molecule has 4 nitrogen and oxygen atoms in total. The molecule has 1 aromatic carbocycles. The second kappa shape index (κ2) is 5.16. The molecule has 0 aliphatic carbocycles. The highest BCUT2D eigenvalue weighted by Crippen LogP contribution is 2.27. The minimum absolute atomic E-state index is 0.149. The third-order valence-electron chi connectivity index (χ3n) is 3.31. The van der Waals surface area contributed by atoms with Crippen molar-refractivity contribution in [3.63, 3.8) is 0 Å². The molecule has 0 spiro atoms. The van der Waals surface area contributed by atoms with Gasteiger partial charge in [0.25, 0.3) is 0 Å². The molecule has 2 N–H and O–H groups in total. The van der Waals surface area contributed by atoms with E-state index in [4.69, 9.17) is 16.7 Å². The molecule has 1 aliphatic heterocycles. The van der Waals surface area contributed by atoms with Gasteiger partial charge in [-0.3, -0.25) is 0 Å². The van der Waals surface area contributed by atoms with Crippen molar-refractivity contribution in [2.75, 3.05) is 18.0 Å².